The summed E-state index contributed by atoms with van der Waals surface area (Å²) in [5.41, 5.74) is 0.885. The fourth-order valence-corrected chi connectivity index (χ4v) is 4.53. The lowest BCUT2D eigenvalue weighted by molar-refractivity contribution is 0.0110. The minimum atomic E-state index is 0.163. The number of hydrogen-bond acceptors (Lipinski definition) is 4. The monoisotopic (exact) mass is 395 g/mol. The number of benzene rings is 1. The summed E-state index contributed by atoms with van der Waals surface area (Å²) in [5, 5.41) is 10.1. The van der Waals surface area contributed by atoms with Crippen LogP contribution < -0.4 is 10.6 Å². The van der Waals surface area contributed by atoms with Gasteiger partial charge in [-0.3, -0.25) is 4.90 Å². The molecule has 1 aromatic heterocycles. The van der Waals surface area contributed by atoms with Gasteiger partial charge in [-0.05, 0) is 48.8 Å². The first-order chi connectivity index (χ1) is 12.1. The van der Waals surface area contributed by atoms with Crippen molar-refractivity contribution >= 4 is 46.0 Å². The second-order valence-electron chi connectivity index (χ2n) is 6.01. The second kappa shape index (κ2) is 8.96. The molecule has 1 aliphatic rings. The van der Waals surface area contributed by atoms with E-state index in [0.29, 0.717) is 10.1 Å². The molecular weight excluding hydrogens is 374 g/mol. The van der Waals surface area contributed by atoms with Crippen LogP contribution in [0, 0.1) is 0 Å². The molecule has 3 rings (SSSR count). The Morgan fingerprint density at radius 1 is 1.28 bits per heavy atom. The number of anilines is 1. The zero-order valence-corrected chi connectivity index (χ0v) is 16.5. The second-order valence-corrected chi connectivity index (χ2v) is 7.83. The molecule has 1 saturated heterocycles. The van der Waals surface area contributed by atoms with Gasteiger partial charge < -0.3 is 15.4 Å². The molecule has 4 nitrogen and oxygen atoms in total. The van der Waals surface area contributed by atoms with Gasteiger partial charge in [-0.15, -0.1) is 11.3 Å². The van der Waals surface area contributed by atoms with Gasteiger partial charge >= 0.3 is 0 Å². The van der Waals surface area contributed by atoms with E-state index in [9.17, 15) is 0 Å². The molecule has 2 atom stereocenters. The lowest BCUT2D eigenvalue weighted by Crippen LogP contribution is -2.49. The fraction of sp³-hybridized carbons (Fsp3) is 0.389. The van der Waals surface area contributed by atoms with Crippen LogP contribution in [0.5, 0.6) is 0 Å². The maximum atomic E-state index is 6.03. The molecule has 2 heterocycles. The Balaban J connectivity index is 1.67. The van der Waals surface area contributed by atoms with Gasteiger partial charge in [0.25, 0.3) is 0 Å². The lowest BCUT2D eigenvalue weighted by atomic mass is 10.1. The summed E-state index contributed by atoms with van der Waals surface area (Å²) in [6.45, 7) is 5.59. The molecule has 2 aromatic rings. The van der Waals surface area contributed by atoms with Gasteiger partial charge in [-0.1, -0.05) is 23.7 Å². The van der Waals surface area contributed by atoms with Gasteiger partial charge in [0.15, 0.2) is 5.11 Å². The maximum absolute atomic E-state index is 6.03. The van der Waals surface area contributed by atoms with Gasteiger partial charge in [-0.2, -0.15) is 0 Å². The Hall–Kier alpha value is -1.18. The van der Waals surface area contributed by atoms with Crippen LogP contribution in [-0.2, 0) is 4.74 Å². The minimum absolute atomic E-state index is 0.163. The van der Waals surface area contributed by atoms with E-state index in [1.54, 1.807) is 11.3 Å². The number of hydrogen-bond donors (Lipinski definition) is 2. The summed E-state index contributed by atoms with van der Waals surface area (Å²) in [5.74, 6) is 0. The van der Waals surface area contributed by atoms with E-state index < -0.39 is 0 Å². The first-order valence-corrected chi connectivity index (χ1v) is 9.98. The number of ether oxygens (including phenoxy) is 1. The fourth-order valence-electron chi connectivity index (χ4n) is 3.08. The Morgan fingerprint density at radius 2 is 2.08 bits per heavy atom. The van der Waals surface area contributed by atoms with Crippen molar-refractivity contribution in [1.82, 2.24) is 10.2 Å². The molecular formula is C18H22ClN3OS2. The van der Waals surface area contributed by atoms with Gasteiger partial charge in [0.2, 0.25) is 0 Å². The first kappa shape index (κ1) is 18.6. The summed E-state index contributed by atoms with van der Waals surface area (Å²) in [7, 11) is 0. The number of nitrogens with one attached hydrogen (secondary N) is 2. The standard InChI is InChI=1S/C18H22ClN3OS2/c1-13(20-18(24)21-15-5-2-4-14(19)12-15)17(16-6-3-11-25-16)22-7-9-23-10-8-22/h2-6,11-13,17H,7-10H2,1H3,(H2,20,21,24)/t13-,17+/m0/s1. The number of thiophene rings is 1. The van der Waals surface area contributed by atoms with Crippen molar-refractivity contribution in [3.8, 4) is 0 Å². The van der Waals surface area contributed by atoms with Crippen LogP contribution in [0.4, 0.5) is 5.69 Å². The van der Waals surface area contributed by atoms with E-state index in [-0.39, 0.29) is 12.1 Å². The van der Waals surface area contributed by atoms with Crippen molar-refractivity contribution in [3.05, 3.63) is 51.7 Å². The first-order valence-electron chi connectivity index (χ1n) is 8.32. The Morgan fingerprint density at radius 3 is 2.76 bits per heavy atom. The number of rotatable bonds is 5. The molecule has 1 fully saturated rings. The third kappa shape index (κ3) is 5.15. The molecule has 0 amide bonds. The number of morpholine rings is 1. The van der Waals surface area contributed by atoms with Crippen molar-refractivity contribution in [1.29, 1.82) is 0 Å². The number of halogens is 1. The predicted molar refractivity (Wildman–Crippen MR) is 110 cm³/mol. The van der Waals surface area contributed by atoms with Crippen LogP contribution in [0.3, 0.4) is 0 Å². The molecule has 1 aliphatic heterocycles. The average molecular weight is 396 g/mol. The van der Waals surface area contributed by atoms with Crippen LogP contribution in [0.25, 0.3) is 0 Å². The SMILES string of the molecule is C[C@H](NC(=S)Nc1cccc(Cl)c1)[C@H](c1cccs1)N1CCOCC1. The van der Waals surface area contributed by atoms with Crippen molar-refractivity contribution < 1.29 is 4.74 Å². The molecule has 0 unspecified atom stereocenters. The molecule has 0 bridgehead atoms. The third-order valence-electron chi connectivity index (χ3n) is 4.19. The molecule has 1 aromatic carbocycles. The molecule has 134 valence electrons. The topological polar surface area (TPSA) is 36.5 Å². The third-order valence-corrected chi connectivity index (χ3v) is 5.59. The molecule has 0 spiro atoms. The molecule has 25 heavy (non-hydrogen) atoms. The highest BCUT2D eigenvalue weighted by Crippen LogP contribution is 2.29. The molecule has 0 aliphatic carbocycles. The normalized spacial score (nSPS) is 17.7. The highest BCUT2D eigenvalue weighted by Gasteiger charge is 2.28. The lowest BCUT2D eigenvalue weighted by Gasteiger charge is -2.38. The number of nitrogens with zero attached hydrogens (tertiary/aromatic N) is 1. The predicted octanol–water partition coefficient (Wildman–Crippen LogP) is 4.15. The molecule has 0 saturated carbocycles. The summed E-state index contributed by atoms with van der Waals surface area (Å²) in [6, 6.07) is 12.3. The maximum Gasteiger partial charge on any atom is 0.171 e. The van der Waals surface area contributed by atoms with E-state index in [4.69, 9.17) is 28.6 Å². The van der Waals surface area contributed by atoms with Gasteiger partial charge in [-0.25, -0.2) is 0 Å². The van der Waals surface area contributed by atoms with Crippen LogP contribution in [-0.4, -0.2) is 42.4 Å². The smallest absolute Gasteiger partial charge is 0.171 e. The zero-order chi connectivity index (χ0) is 17.6. The van der Waals surface area contributed by atoms with E-state index in [1.165, 1.54) is 4.88 Å². The Kier molecular flexibility index (Phi) is 6.67. The van der Waals surface area contributed by atoms with E-state index in [2.05, 4.69) is 40.0 Å². The highest BCUT2D eigenvalue weighted by molar-refractivity contribution is 7.80. The van der Waals surface area contributed by atoms with Crippen molar-refractivity contribution in [3.63, 3.8) is 0 Å². The summed E-state index contributed by atoms with van der Waals surface area (Å²) >= 11 is 13.3. The highest BCUT2D eigenvalue weighted by atomic mass is 35.5. The number of thiocarbonyl (C=S) groups is 1. The molecule has 2 N–H and O–H groups in total. The minimum Gasteiger partial charge on any atom is -0.379 e. The van der Waals surface area contributed by atoms with Crippen molar-refractivity contribution in [2.45, 2.75) is 19.0 Å². The van der Waals surface area contributed by atoms with Crippen LogP contribution in [0.2, 0.25) is 5.02 Å². The Labute approximate surface area is 163 Å². The summed E-state index contributed by atoms with van der Waals surface area (Å²) in [4.78, 5) is 3.81. The largest absolute Gasteiger partial charge is 0.379 e. The van der Waals surface area contributed by atoms with Crippen molar-refractivity contribution in [2.24, 2.45) is 0 Å². The van der Waals surface area contributed by atoms with Gasteiger partial charge in [0.05, 0.1) is 19.3 Å². The van der Waals surface area contributed by atoms with E-state index in [1.807, 2.05) is 24.3 Å². The average Bonchev–Trinajstić information content (AvgIpc) is 3.10. The van der Waals surface area contributed by atoms with E-state index in [0.717, 1.165) is 32.0 Å². The zero-order valence-electron chi connectivity index (χ0n) is 14.1. The summed E-state index contributed by atoms with van der Waals surface area (Å²) < 4.78 is 5.51. The van der Waals surface area contributed by atoms with Crippen LogP contribution >= 0.6 is 35.2 Å². The van der Waals surface area contributed by atoms with E-state index >= 15 is 0 Å². The van der Waals surface area contributed by atoms with Crippen LogP contribution in [0.1, 0.15) is 17.8 Å². The summed E-state index contributed by atoms with van der Waals surface area (Å²) in [6.07, 6.45) is 0. The Bertz CT molecular complexity index is 689. The van der Waals surface area contributed by atoms with Crippen LogP contribution in [0.15, 0.2) is 41.8 Å². The van der Waals surface area contributed by atoms with Gasteiger partial charge in [0.1, 0.15) is 0 Å². The quantitative estimate of drug-likeness (QED) is 0.744. The van der Waals surface area contributed by atoms with Crippen molar-refractivity contribution in [2.75, 3.05) is 31.6 Å². The van der Waals surface area contributed by atoms with Gasteiger partial charge in [0, 0.05) is 34.7 Å². The molecule has 0 radical (unpaired) electrons. The molecule has 7 heteroatoms.